The Balaban J connectivity index is 1.62. The maximum absolute atomic E-state index is 13.4. The lowest BCUT2D eigenvalue weighted by molar-refractivity contribution is 0.0638. The number of carbonyl (C=O) groups excluding carboxylic acids is 1. The summed E-state index contributed by atoms with van der Waals surface area (Å²) in [7, 11) is 0. The van der Waals surface area contributed by atoms with Crippen LogP contribution in [0.4, 0.5) is 0 Å². The molecule has 4 rings (SSSR count). The first-order valence-corrected chi connectivity index (χ1v) is 10.9. The van der Waals surface area contributed by atoms with Crippen LogP contribution in [0.25, 0.3) is 11.3 Å². The fraction of sp³-hybridized carbons (Fsp3) is 0.333. The van der Waals surface area contributed by atoms with E-state index in [4.69, 9.17) is 16.7 Å². The third-order valence-electron chi connectivity index (χ3n) is 5.53. The van der Waals surface area contributed by atoms with E-state index in [1.165, 1.54) is 0 Å². The molecule has 0 atom stereocenters. The first-order chi connectivity index (χ1) is 14.7. The highest BCUT2D eigenvalue weighted by Gasteiger charge is 2.26. The van der Waals surface area contributed by atoms with Crippen molar-refractivity contribution >= 4 is 17.5 Å². The van der Waals surface area contributed by atoms with Gasteiger partial charge in [-0.25, -0.2) is 0 Å². The topological polar surface area (TPSA) is 41.4 Å². The summed E-state index contributed by atoms with van der Waals surface area (Å²) in [5, 5.41) is 5.48. The molecule has 0 radical (unpaired) electrons. The summed E-state index contributed by atoms with van der Waals surface area (Å²) in [5.74, 6) is 0.0513. The number of hydrogen-bond donors (Lipinski definition) is 0. The molecule has 156 valence electrons. The molecule has 0 spiro atoms. The summed E-state index contributed by atoms with van der Waals surface area (Å²) in [4.78, 5) is 17.8. The second-order valence-corrected chi connectivity index (χ2v) is 8.09. The second-order valence-electron chi connectivity index (χ2n) is 7.68. The molecule has 0 unspecified atom stereocenters. The van der Waals surface area contributed by atoms with Crippen molar-refractivity contribution in [3.63, 3.8) is 0 Å². The van der Waals surface area contributed by atoms with Gasteiger partial charge in [-0.15, -0.1) is 0 Å². The Morgan fingerprint density at radius 2 is 1.70 bits per heavy atom. The van der Waals surface area contributed by atoms with Crippen LogP contribution < -0.4 is 0 Å². The largest absolute Gasteiger partial charge is 0.336 e. The fourth-order valence-electron chi connectivity index (χ4n) is 3.93. The van der Waals surface area contributed by atoms with Crippen LogP contribution in [-0.4, -0.2) is 58.2 Å². The predicted molar refractivity (Wildman–Crippen MR) is 121 cm³/mol. The third kappa shape index (κ3) is 4.58. The van der Waals surface area contributed by atoms with E-state index in [0.717, 1.165) is 56.0 Å². The Morgan fingerprint density at radius 1 is 1.00 bits per heavy atom. The van der Waals surface area contributed by atoms with E-state index in [-0.39, 0.29) is 5.91 Å². The zero-order chi connectivity index (χ0) is 20.9. The van der Waals surface area contributed by atoms with E-state index in [1.807, 2.05) is 70.4 Å². The average molecular weight is 423 g/mol. The molecule has 1 saturated heterocycles. The minimum Gasteiger partial charge on any atom is -0.336 e. The standard InChI is InChI=1S/C24H27ClN4O/c1-2-12-27-13-15-28(16-14-27)24(30)21-18-29(17-20-10-6-7-11-22(20)25)26-23(21)19-8-4-3-5-9-19/h3-11,18H,2,12-17H2,1H3. The Hall–Kier alpha value is -2.63. The molecule has 0 saturated carbocycles. The molecule has 1 amide bonds. The highest BCUT2D eigenvalue weighted by Crippen LogP contribution is 2.25. The van der Waals surface area contributed by atoms with Crippen molar-refractivity contribution in [2.45, 2.75) is 19.9 Å². The van der Waals surface area contributed by atoms with E-state index in [9.17, 15) is 4.79 Å². The van der Waals surface area contributed by atoms with Crippen molar-refractivity contribution < 1.29 is 4.79 Å². The number of benzene rings is 2. The van der Waals surface area contributed by atoms with Gasteiger partial charge < -0.3 is 4.90 Å². The van der Waals surface area contributed by atoms with Crippen molar-refractivity contribution in [3.8, 4) is 11.3 Å². The van der Waals surface area contributed by atoms with Crippen LogP contribution in [0, 0.1) is 0 Å². The molecule has 0 N–H and O–H groups in total. The van der Waals surface area contributed by atoms with Crippen LogP contribution in [-0.2, 0) is 6.54 Å². The molecular formula is C24H27ClN4O. The van der Waals surface area contributed by atoms with E-state index in [2.05, 4.69) is 11.8 Å². The van der Waals surface area contributed by atoms with Gasteiger partial charge in [0, 0.05) is 43.0 Å². The predicted octanol–water partition coefficient (Wildman–Crippen LogP) is 4.42. The molecule has 1 aliphatic heterocycles. The number of rotatable bonds is 6. The fourth-order valence-corrected chi connectivity index (χ4v) is 4.13. The summed E-state index contributed by atoms with van der Waals surface area (Å²) in [6, 6.07) is 17.7. The quantitative estimate of drug-likeness (QED) is 0.590. The number of carbonyl (C=O) groups is 1. The highest BCUT2D eigenvalue weighted by molar-refractivity contribution is 6.31. The summed E-state index contributed by atoms with van der Waals surface area (Å²) < 4.78 is 1.82. The minimum atomic E-state index is 0.0513. The molecule has 2 heterocycles. The number of halogens is 1. The van der Waals surface area contributed by atoms with E-state index in [0.29, 0.717) is 17.1 Å². The molecule has 30 heavy (non-hydrogen) atoms. The zero-order valence-electron chi connectivity index (χ0n) is 17.3. The number of hydrogen-bond acceptors (Lipinski definition) is 3. The Kier molecular flexibility index (Phi) is 6.50. The maximum atomic E-state index is 13.4. The molecule has 2 aromatic carbocycles. The number of amides is 1. The van der Waals surface area contributed by atoms with E-state index >= 15 is 0 Å². The van der Waals surface area contributed by atoms with Gasteiger partial charge in [-0.05, 0) is 24.6 Å². The van der Waals surface area contributed by atoms with E-state index in [1.54, 1.807) is 0 Å². The molecular weight excluding hydrogens is 396 g/mol. The second kappa shape index (κ2) is 9.45. The van der Waals surface area contributed by atoms with Crippen molar-refractivity contribution in [3.05, 3.63) is 76.9 Å². The molecule has 1 aromatic heterocycles. The lowest BCUT2D eigenvalue weighted by Crippen LogP contribution is -2.48. The molecule has 1 aliphatic rings. The summed E-state index contributed by atoms with van der Waals surface area (Å²) in [5.41, 5.74) is 3.30. The van der Waals surface area contributed by atoms with E-state index < -0.39 is 0 Å². The van der Waals surface area contributed by atoms with Crippen LogP contribution in [0.5, 0.6) is 0 Å². The van der Waals surface area contributed by atoms with Crippen LogP contribution in [0.1, 0.15) is 29.3 Å². The lowest BCUT2D eigenvalue weighted by atomic mass is 10.1. The molecule has 1 fully saturated rings. The highest BCUT2D eigenvalue weighted by atomic mass is 35.5. The van der Waals surface area contributed by atoms with Crippen molar-refractivity contribution in [1.82, 2.24) is 19.6 Å². The van der Waals surface area contributed by atoms with Gasteiger partial charge in [-0.2, -0.15) is 5.10 Å². The van der Waals surface area contributed by atoms with Gasteiger partial charge in [0.2, 0.25) is 0 Å². The summed E-state index contributed by atoms with van der Waals surface area (Å²) >= 11 is 6.34. The Bertz CT molecular complexity index is 993. The maximum Gasteiger partial charge on any atom is 0.257 e. The zero-order valence-corrected chi connectivity index (χ0v) is 18.1. The van der Waals surface area contributed by atoms with Gasteiger partial charge >= 0.3 is 0 Å². The van der Waals surface area contributed by atoms with Gasteiger partial charge in [0.05, 0.1) is 12.1 Å². The lowest BCUT2D eigenvalue weighted by Gasteiger charge is -2.34. The summed E-state index contributed by atoms with van der Waals surface area (Å²) in [6.45, 7) is 7.16. The average Bonchev–Trinajstić information content (AvgIpc) is 3.20. The summed E-state index contributed by atoms with van der Waals surface area (Å²) in [6.07, 6.45) is 3.01. The van der Waals surface area contributed by atoms with Gasteiger partial charge in [0.1, 0.15) is 5.69 Å². The number of aromatic nitrogens is 2. The molecule has 0 bridgehead atoms. The van der Waals surface area contributed by atoms with Gasteiger partial charge in [-0.1, -0.05) is 67.1 Å². The molecule has 5 nitrogen and oxygen atoms in total. The van der Waals surface area contributed by atoms with Crippen molar-refractivity contribution in [2.24, 2.45) is 0 Å². The van der Waals surface area contributed by atoms with Crippen LogP contribution in [0.15, 0.2) is 60.8 Å². The van der Waals surface area contributed by atoms with Crippen LogP contribution >= 0.6 is 11.6 Å². The SMILES string of the molecule is CCCN1CCN(C(=O)c2cn(Cc3ccccc3Cl)nc2-c2ccccc2)CC1. The third-order valence-corrected chi connectivity index (χ3v) is 5.90. The smallest absolute Gasteiger partial charge is 0.257 e. The molecule has 3 aromatic rings. The first kappa shape index (κ1) is 20.6. The van der Waals surface area contributed by atoms with Crippen LogP contribution in [0.3, 0.4) is 0 Å². The van der Waals surface area contributed by atoms with Gasteiger partial charge in [0.25, 0.3) is 5.91 Å². The van der Waals surface area contributed by atoms with Gasteiger partial charge in [-0.3, -0.25) is 14.4 Å². The number of nitrogens with zero attached hydrogens (tertiary/aromatic N) is 4. The first-order valence-electron chi connectivity index (χ1n) is 10.5. The number of piperazine rings is 1. The van der Waals surface area contributed by atoms with Crippen molar-refractivity contribution in [1.29, 1.82) is 0 Å². The Morgan fingerprint density at radius 3 is 2.40 bits per heavy atom. The monoisotopic (exact) mass is 422 g/mol. The minimum absolute atomic E-state index is 0.0513. The molecule has 6 heteroatoms. The van der Waals surface area contributed by atoms with Crippen LogP contribution in [0.2, 0.25) is 5.02 Å². The Labute approximate surface area is 182 Å². The normalized spacial score (nSPS) is 14.8. The van der Waals surface area contributed by atoms with Crippen molar-refractivity contribution in [2.75, 3.05) is 32.7 Å². The van der Waals surface area contributed by atoms with Gasteiger partial charge in [0.15, 0.2) is 0 Å². The molecule has 0 aliphatic carbocycles.